The Bertz CT molecular complexity index is 1290. The molecule has 2 aromatic carbocycles. The number of aliphatic hydroxyl groups is 1. The molecule has 0 spiro atoms. The second kappa shape index (κ2) is 11.7. The summed E-state index contributed by atoms with van der Waals surface area (Å²) in [7, 11) is 0. The largest absolute Gasteiger partial charge is 0.508 e. The van der Waals surface area contributed by atoms with Crippen LogP contribution in [0.1, 0.15) is 80.4 Å². The summed E-state index contributed by atoms with van der Waals surface area (Å²) in [5.41, 5.74) is 3.75. The Morgan fingerprint density at radius 2 is 1.87 bits per heavy atom. The van der Waals surface area contributed by atoms with Gasteiger partial charge in [-0.3, -0.25) is 4.79 Å². The van der Waals surface area contributed by atoms with Crippen molar-refractivity contribution >= 4 is 11.9 Å². The number of nitrogens with zero attached hydrogens (tertiary/aromatic N) is 1. The number of allylic oxidation sites excluding steroid dienone is 4. The van der Waals surface area contributed by atoms with E-state index in [-0.39, 0.29) is 30.7 Å². The van der Waals surface area contributed by atoms with Crippen LogP contribution in [0.15, 0.2) is 59.7 Å². The van der Waals surface area contributed by atoms with Crippen molar-refractivity contribution in [2.24, 2.45) is 0 Å². The summed E-state index contributed by atoms with van der Waals surface area (Å²) in [5.74, 6) is -1.27. The third-order valence-electron chi connectivity index (χ3n) is 7.88. The van der Waals surface area contributed by atoms with Gasteiger partial charge in [0.1, 0.15) is 23.1 Å². The number of benzene rings is 2. The number of rotatable bonds is 10. The highest BCUT2D eigenvalue weighted by Crippen LogP contribution is 2.46. The summed E-state index contributed by atoms with van der Waals surface area (Å²) in [5, 5.41) is 31.8. The molecule has 2 aliphatic heterocycles. The summed E-state index contributed by atoms with van der Waals surface area (Å²) in [6.07, 6.45) is 7.15. The van der Waals surface area contributed by atoms with Crippen molar-refractivity contribution in [1.29, 1.82) is 0 Å². The number of carboxylic acid groups (broad SMARTS) is 1. The summed E-state index contributed by atoms with van der Waals surface area (Å²) in [4.78, 5) is 27.0. The molecule has 2 aromatic rings. The fraction of sp³-hybridized carbons (Fsp3) is 0.438. The van der Waals surface area contributed by atoms with Crippen LogP contribution in [0.4, 0.5) is 0 Å². The molecule has 39 heavy (non-hydrogen) atoms. The molecule has 4 rings (SSSR count). The van der Waals surface area contributed by atoms with Crippen LogP contribution in [0, 0.1) is 0 Å². The second-order valence-corrected chi connectivity index (χ2v) is 11.3. The lowest BCUT2D eigenvalue weighted by Gasteiger charge is -2.41. The number of carbonyl (C=O) groups excluding carboxylic acids is 1. The predicted octanol–water partition coefficient (Wildman–Crippen LogP) is 5.57. The van der Waals surface area contributed by atoms with E-state index in [0.717, 1.165) is 18.4 Å². The van der Waals surface area contributed by atoms with E-state index in [1.807, 2.05) is 37.3 Å². The third kappa shape index (κ3) is 6.19. The molecule has 0 saturated carbocycles. The molecule has 1 amide bonds. The molecule has 0 fully saturated rings. The molecular formula is C32H39NO6. The van der Waals surface area contributed by atoms with E-state index in [1.54, 1.807) is 0 Å². The van der Waals surface area contributed by atoms with Crippen LogP contribution < -0.4 is 4.74 Å². The van der Waals surface area contributed by atoms with E-state index in [2.05, 4.69) is 32.9 Å². The van der Waals surface area contributed by atoms with Gasteiger partial charge in [-0.15, -0.1) is 0 Å². The highest BCUT2D eigenvalue weighted by molar-refractivity contribution is 6.02. The summed E-state index contributed by atoms with van der Waals surface area (Å²) in [6.45, 7) is 8.20. The topological polar surface area (TPSA) is 107 Å². The van der Waals surface area contributed by atoms with Gasteiger partial charge in [0.25, 0.3) is 5.91 Å². The zero-order valence-electron chi connectivity index (χ0n) is 23.2. The quantitative estimate of drug-likeness (QED) is 0.345. The van der Waals surface area contributed by atoms with Crippen molar-refractivity contribution in [2.75, 3.05) is 0 Å². The number of amides is 1. The van der Waals surface area contributed by atoms with Gasteiger partial charge in [0.05, 0.1) is 18.2 Å². The van der Waals surface area contributed by atoms with Crippen LogP contribution in [0.5, 0.6) is 11.5 Å². The molecule has 0 bridgehead atoms. The summed E-state index contributed by atoms with van der Waals surface area (Å²) >= 11 is 0. The van der Waals surface area contributed by atoms with Crippen LogP contribution in [-0.4, -0.2) is 49.8 Å². The van der Waals surface area contributed by atoms with Crippen molar-refractivity contribution in [3.63, 3.8) is 0 Å². The van der Waals surface area contributed by atoms with Gasteiger partial charge in [-0.2, -0.15) is 0 Å². The average molecular weight is 534 g/mol. The monoisotopic (exact) mass is 533 g/mol. The van der Waals surface area contributed by atoms with Gasteiger partial charge in [-0.25, -0.2) is 4.79 Å². The number of aromatic hydroxyl groups is 1. The summed E-state index contributed by atoms with van der Waals surface area (Å²) < 4.78 is 6.43. The first kappa shape index (κ1) is 28.4. The first-order valence-electron chi connectivity index (χ1n) is 13.6. The van der Waals surface area contributed by atoms with E-state index in [1.165, 1.54) is 22.1 Å². The molecule has 3 N–H and O–H groups in total. The first-order valence-corrected chi connectivity index (χ1v) is 13.6. The van der Waals surface area contributed by atoms with Gasteiger partial charge in [-0.1, -0.05) is 53.6 Å². The molecule has 0 unspecified atom stereocenters. The van der Waals surface area contributed by atoms with Crippen LogP contribution in [-0.2, 0) is 24.2 Å². The van der Waals surface area contributed by atoms with Crippen molar-refractivity contribution in [2.45, 2.75) is 90.5 Å². The predicted molar refractivity (Wildman–Crippen MR) is 150 cm³/mol. The molecule has 3 atom stereocenters. The highest BCUT2D eigenvalue weighted by Gasteiger charge is 2.45. The third-order valence-corrected chi connectivity index (χ3v) is 7.88. The zero-order valence-corrected chi connectivity index (χ0v) is 23.2. The van der Waals surface area contributed by atoms with E-state index in [0.29, 0.717) is 29.7 Å². The lowest BCUT2D eigenvalue weighted by Crippen LogP contribution is -2.49. The second-order valence-electron chi connectivity index (χ2n) is 11.3. The Hall–Kier alpha value is -3.58. The molecule has 0 saturated heterocycles. The maximum atomic E-state index is 13.4. The molecular weight excluding hydrogens is 494 g/mol. The van der Waals surface area contributed by atoms with Gasteiger partial charge < -0.3 is 25.0 Å². The number of aliphatic hydroxyl groups excluding tert-OH is 1. The lowest BCUT2D eigenvalue weighted by atomic mass is 9.84. The van der Waals surface area contributed by atoms with Gasteiger partial charge in [0.2, 0.25) is 0 Å². The Labute approximate surface area is 230 Å². The van der Waals surface area contributed by atoms with Crippen LogP contribution in [0.2, 0.25) is 0 Å². The number of phenols is 1. The number of fused-ring (bicyclic) bond motifs is 3. The average Bonchev–Trinajstić information content (AvgIpc) is 3.20. The van der Waals surface area contributed by atoms with Gasteiger partial charge >= 0.3 is 5.97 Å². The number of hydrogen-bond acceptors (Lipinski definition) is 5. The minimum atomic E-state index is -1.09. The first-order chi connectivity index (χ1) is 18.5. The standard InChI is InChI=1S/C32H39NO6/c1-20(2)10-8-11-21(3)12-9-15-32(4)28(35)18-24-27(34)17-23-25(29(24)39-32)19-33(30(23)36)26(31(37)38)16-22-13-6-5-7-14-22/h5-7,10,12-14,17,26,28,34-35H,8-9,11,15-16,18-19H2,1-4H3,(H,37,38)/b21-12+/t26-,28+,32+/m1/s1. The summed E-state index contributed by atoms with van der Waals surface area (Å²) in [6, 6.07) is 9.53. The molecule has 2 aliphatic rings. The smallest absolute Gasteiger partial charge is 0.326 e. The Morgan fingerprint density at radius 1 is 1.15 bits per heavy atom. The number of aliphatic carboxylic acids is 1. The number of carbonyl (C=O) groups is 2. The maximum absolute atomic E-state index is 13.4. The zero-order chi connectivity index (χ0) is 28.3. The molecule has 0 radical (unpaired) electrons. The maximum Gasteiger partial charge on any atom is 0.326 e. The highest BCUT2D eigenvalue weighted by atomic mass is 16.5. The molecule has 7 nitrogen and oxygen atoms in total. The van der Waals surface area contributed by atoms with E-state index in [9.17, 15) is 24.9 Å². The molecule has 0 aromatic heterocycles. The molecule has 0 aliphatic carbocycles. The van der Waals surface area contributed by atoms with E-state index in [4.69, 9.17) is 4.74 Å². The fourth-order valence-corrected chi connectivity index (χ4v) is 5.44. The van der Waals surface area contributed by atoms with Crippen LogP contribution >= 0.6 is 0 Å². The number of carboxylic acids is 1. The van der Waals surface area contributed by atoms with E-state index < -0.39 is 29.6 Å². The molecule has 2 heterocycles. The van der Waals surface area contributed by atoms with Gasteiger partial charge in [0, 0.05) is 24.0 Å². The number of hydrogen-bond donors (Lipinski definition) is 3. The fourth-order valence-electron chi connectivity index (χ4n) is 5.44. The van der Waals surface area contributed by atoms with Crippen molar-refractivity contribution in [1.82, 2.24) is 4.90 Å². The Balaban J connectivity index is 1.56. The van der Waals surface area contributed by atoms with Crippen molar-refractivity contribution in [3.05, 3.63) is 82.0 Å². The number of phenolic OH excluding ortho intramolecular Hbond substituents is 1. The SMILES string of the molecule is CC(C)=CCC/C(C)=C/CC[C@]1(C)Oc2c(c(O)cc3c2CN([C@H](Cc2ccccc2)C(=O)O)C3=O)C[C@@H]1O. The van der Waals surface area contributed by atoms with E-state index >= 15 is 0 Å². The minimum absolute atomic E-state index is 0.0656. The van der Waals surface area contributed by atoms with Gasteiger partial charge in [0.15, 0.2) is 0 Å². The minimum Gasteiger partial charge on any atom is -0.508 e. The Kier molecular flexibility index (Phi) is 8.50. The van der Waals surface area contributed by atoms with Crippen molar-refractivity contribution < 1.29 is 29.6 Å². The van der Waals surface area contributed by atoms with Crippen LogP contribution in [0.25, 0.3) is 0 Å². The number of ether oxygens (including phenoxy) is 1. The van der Waals surface area contributed by atoms with Crippen molar-refractivity contribution in [3.8, 4) is 11.5 Å². The lowest BCUT2D eigenvalue weighted by molar-refractivity contribution is -0.142. The normalized spacial score (nSPS) is 21.2. The van der Waals surface area contributed by atoms with Crippen LogP contribution in [0.3, 0.4) is 0 Å². The van der Waals surface area contributed by atoms with Gasteiger partial charge in [-0.05, 0) is 65.0 Å². The Morgan fingerprint density at radius 3 is 2.54 bits per heavy atom. The molecule has 7 heteroatoms. The molecule has 208 valence electrons.